The van der Waals surface area contributed by atoms with Crippen LogP contribution in [0.1, 0.15) is 27.3 Å². The fraction of sp³-hybridized carbons (Fsp3) is 0.500. The van der Waals surface area contributed by atoms with Crippen LogP contribution in [0.25, 0.3) is 0 Å². The van der Waals surface area contributed by atoms with E-state index in [0.717, 1.165) is 5.56 Å². The second-order valence-corrected chi connectivity index (χ2v) is 8.22. The fourth-order valence-corrected chi connectivity index (χ4v) is 4.41. The maximum atomic E-state index is 12.7. The zero-order valence-electron chi connectivity index (χ0n) is 16.5. The van der Waals surface area contributed by atoms with E-state index in [2.05, 4.69) is 15.3 Å². The number of nitrogens with zero attached hydrogens (tertiary/aromatic N) is 3. The third-order valence-electron chi connectivity index (χ3n) is 5.32. The predicted octanol–water partition coefficient (Wildman–Crippen LogP) is 1.12. The van der Waals surface area contributed by atoms with Crippen molar-refractivity contribution in [1.82, 2.24) is 20.2 Å². The van der Waals surface area contributed by atoms with Crippen LogP contribution in [0.2, 0.25) is 0 Å². The minimum atomic E-state index is -0.262. The Balaban J connectivity index is 1.31. The molecular weight excluding hydrogens is 392 g/mol. The van der Waals surface area contributed by atoms with Crippen LogP contribution in [0.5, 0.6) is 0 Å². The Labute approximate surface area is 173 Å². The van der Waals surface area contributed by atoms with Crippen molar-refractivity contribution in [3.8, 4) is 0 Å². The summed E-state index contributed by atoms with van der Waals surface area (Å²) in [5, 5.41) is 6.93. The summed E-state index contributed by atoms with van der Waals surface area (Å²) < 4.78 is 12.0. The zero-order valence-corrected chi connectivity index (χ0v) is 17.3. The van der Waals surface area contributed by atoms with Crippen molar-refractivity contribution in [2.75, 3.05) is 26.3 Å². The van der Waals surface area contributed by atoms with Crippen LogP contribution in [-0.2, 0) is 20.7 Å². The van der Waals surface area contributed by atoms with Gasteiger partial charge in [-0.25, -0.2) is 9.97 Å². The molecule has 0 spiro atoms. The summed E-state index contributed by atoms with van der Waals surface area (Å²) in [4.78, 5) is 35.2. The van der Waals surface area contributed by atoms with Crippen LogP contribution in [0, 0.1) is 13.8 Å². The average Bonchev–Trinajstić information content (AvgIpc) is 3.30. The molecule has 2 saturated heterocycles. The van der Waals surface area contributed by atoms with Gasteiger partial charge in [-0.1, -0.05) is 0 Å². The first-order valence-electron chi connectivity index (χ1n) is 9.62. The van der Waals surface area contributed by atoms with Crippen molar-refractivity contribution >= 4 is 23.2 Å². The van der Waals surface area contributed by atoms with E-state index in [-0.39, 0.29) is 30.1 Å². The number of fused-ring (bicyclic) bond motifs is 1. The van der Waals surface area contributed by atoms with Gasteiger partial charge in [-0.05, 0) is 36.2 Å². The number of ether oxygens (including phenoxy) is 2. The van der Waals surface area contributed by atoms with Crippen molar-refractivity contribution < 1.29 is 19.1 Å². The molecule has 0 saturated carbocycles. The molecule has 8 nitrogen and oxygen atoms in total. The quantitative estimate of drug-likeness (QED) is 0.803. The highest BCUT2D eigenvalue weighted by atomic mass is 32.1. The number of hydrogen-bond acceptors (Lipinski definition) is 7. The molecule has 1 N–H and O–H groups in total. The fourth-order valence-electron chi connectivity index (χ4n) is 3.74. The lowest BCUT2D eigenvalue weighted by Gasteiger charge is -2.20. The molecule has 29 heavy (non-hydrogen) atoms. The maximum absolute atomic E-state index is 12.7. The summed E-state index contributed by atoms with van der Waals surface area (Å²) in [5.74, 6) is -0.138. The van der Waals surface area contributed by atoms with E-state index < -0.39 is 0 Å². The van der Waals surface area contributed by atoms with E-state index in [1.807, 2.05) is 16.8 Å². The van der Waals surface area contributed by atoms with Crippen molar-refractivity contribution in [2.24, 2.45) is 0 Å². The number of aromatic nitrogens is 2. The van der Waals surface area contributed by atoms with Crippen LogP contribution < -0.4 is 5.32 Å². The van der Waals surface area contributed by atoms with Gasteiger partial charge < -0.3 is 19.7 Å². The van der Waals surface area contributed by atoms with E-state index in [0.29, 0.717) is 49.7 Å². The number of hydrogen-bond donors (Lipinski definition) is 1. The van der Waals surface area contributed by atoms with Crippen molar-refractivity contribution in [3.05, 3.63) is 45.7 Å². The number of amides is 2. The summed E-state index contributed by atoms with van der Waals surface area (Å²) in [5.41, 5.74) is 2.80. The van der Waals surface area contributed by atoms with Crippen LogP contribution in [-0.4, -0.2) is 71.2 Å². The zero-order chi connectivity index (χ0) is 20.4. The SMILES string of the molecule is Cc1ncnc(C)c1C(=O)NC1CO[C@H]2CN(C(=O)Cc3ccsc3)C[C@@H]2OC1. The number of carbonyl (C=O) groups excluding carboxylic acids is 2. The number of likely N-dealkylation sites (tertiary alicyclic amines) is 1. The summed E-state index contributed by atoms with van der Waals surface area (Å²) in [7, 11) is 0. The average molecular weight is 417 g/mol. The van der Waals surface area contributed by atoms with Crippen LogP contribution in [0.15, 0.2) is 23.2 Å². The Bertz CT molecular complexity index is 852. The molecule has 4 heterocycles. The van der Waals surface area contributed by atoms with Crippen LogP contribution >= 0.6 is 11.3 Å². The first-order chi connectivity index (χ1) is 14.0. The van der Waals surface area contributed by atoms with E-state index in [1.165, 1.54) is 6.33 Å². The van der Waals surface area contributed by atoms with Gasteiger partial charge in [-0.15, -0.1) is 0 Å². The summed E-state index contributed by atoms with van der Waals surface area (Å²) >= 11 is 1.59. The smallest absolute Gasteiger partial charge is 0.255 e. The molecule has 0 unspecified atom stereocenters. The molecule has 2 atom stereocenters. The van der Waals surface area contributed by atoms with Crippen molar-refractivity contribution in [1.29, 1.82) is 0 Å². The van der Waals surface area contributed by atoms with Gasteiger partial charge >= 0.3 is 0 Å². The molecule has 2 aliphatic heterocycles. The molecule has 2 aromatic rings. The van der Waals surface area contributed by atoms with E-state index in [4.69, 9.17) is 9.47 Å². The van der Waals surface area contributed by atoms with Gasteiger partial charge in [0.2, 0.25) is 5.91 Å². The van der Waals surface area contributed by atoms with Gasteiger partial charge in [0.1, 0.15) is 18.5 Å². The molecule has 9 heteroatoms. The van der Waals surface area contributed by atoms with Gasteiger partial charge in [0.15, 0.2) is 0 Å². The molecule has 2 aliphatic rings. The molecule has 154 valence electrons. The first-order valence-corrected chi connectivity index (χ1v) is 10.6. The van der Waals surface area contributed by atoms with Gasteiger partial charge in [-0.2, -0.15) is 11.3 Å². The highest BCUT2D eigenvalue weighted by Crippen LogP contribution is 2.22. The van der Waals surface area contributed by atoms with Crippen LogP contribution in [0.4, 0.5) is 0 Å². The lowest BCUT2D eigenvalue weighted by Crippen LogP contribution is -2.42. The normalized spacial score (nSPS) is 22.2. The second-order valence-electron chi connectivity index (χ2n) is 7.44. The predicted molar refractivity (Wildman–Crippen MR) is 107 cm³/mol. The maximum Gasteiger partial charge on any atom is 0.255 e. The molecular formula is C20H24N4O4S. The number of thiophene rings is 1. The third-order valence-corrected chi connectivity index (χ3v) is 6.05. The Kier molecular flexibility index (Phi) is 5.89. The number of aryl methyl sites for hydroxylation is 2. The Morgan fingerprint density at radius 1 is 1.17 bits per heavy atom. The minimum absolute atomic E-state index is 0.0866. The molecule has 4 rings (SSSR count). The summed E-state index contributed by atoms with van der Waals surface area (Å²) in [6, 6.07) is 1.71. The van der Waals surface area contributed by atoms with Gasteiger partial charge in [0.25, 0.3) is 5.91 Å². The lowest BCUT2D eigenvalue weighted by atomic mass is 10.1. The van der Waals surface area contributed by atoms with E-state index in [1.54, 1.807) is 30.1 Å². The molecule has 2 aromatic heterocycles. The van der Waals surface area contributed by atoms with Crippen LogP contribution in [0.3, 0.4) is 0 Å². The van der Waals surface area contributed by atoms with Crippen molar-refractivity contribution in [2.45, 2.75) is 38.5 Å². The minimum Gasteiger partial charge on any atom is -0.371 e. The highest BCUT2D eigenvalue weighted by Gasteiger charge is 2.39. The van der Waals surface area contributed by atoms with E-state index in [9.17, 15) is 9.59 Å². The monoisotopic (exact) mass is 416 g/mol. The topological polar surface area (TPSA) is 93.6 Å². The van der Waals surface area contributed by atoms with E-state index >= 15 is 0 Å². The largest absolute Gasteiger partial charge is 0.371 e. The molecule has 0 bridgehead atoms. The standard InChI is InChI=1S/C20H24N4O4S/c1-12-19(13(2)22-11-21-12)20(26)23-15-8-27-16-6-24(7-17(16)28-9-15)18(25)5-14-3-4-29-10-14/h3-4,10-11,15-17H,5-9H2,1-2H3,(H,23,26)/t16-,17-/m0/s1. The molecule has 0 aliphatic carbocycles. The summed E-state index contributed by atoms with van der Waals surface area (Å²) in [6.45, 7) is 5.28. The Morgan fingerprint density at radius 3 is 2.41 bits per heavy atom. The molecule has 0 radical (unpaired) electrons. The number of rotatable bonds is 4. The number of carbonyl (C=O) groups is 2. The Morgan fingerprint density at radius 2 is 1.83 bits per heavy atom. The summed E-state index contributed by atoms with van der Waals surface area (Å²) in [6.07, 6.45) is 1.50. The highest BCUT2D eigenvalue weighted by molar-refractivity contribution is 7.08. The van der Waals surface area contributed by atoms with Gasteiger partial charge in [0.05, 0.1) is 42.6 Å². The second kappa shape index (κ2) is 8.56. The molecule has 2 amide bonds. The molecule has 0 aromatic carbocycles. The third kappa shape index (κ3) is 4.47. The Hall–Kier alpha value is -2.36. The number of nitrogens with one attached hydrogen (secondary N) is 1. The lowest BCUT2D eigenvalue weighted by molar-refractivity contribution is -0.130. The van der Waals surface area contributed by atoms with Gasteiger partial charge in [0, 0.05) is 13.1 Å². The first kappa shape index (κ1) is 19.9. The van der Waals surface area contributed by atoms with Crippen molar-refractivity contribution in [3.63, 3.8) is 0 Å². The van der Waals surface area contributed by atoms with Gasteiger partial charge in [-0.3, -0.25) is 9.59 Å². The molecule has 2 fully saturated rings.